The fraction of sp³-hybridized carbons (Fsp3) is 0.478. The Morgan fingerprint density at radius 2 is 2.00 bits per heavy atom. The molecular weight excluding hydrogens is 400 g/mol. The topological polar surface area (TPSA) is 90.2 Å². The number of morpholine rings is 1. The van der Waals surface area contributed by atoms with Crippen LogP contribution < -0.4 is 14.9 Å². The van der Waals surface area contributed by atoms with E-state index in [1.54, 1.807) is 7.11 Å². The Balaban J connectivity index is 1.65. The van der Waals surface area contributed by atoms with Crippen molar-refractivity contribution in [2.75, 3.05) is 46.6 Å². The van der Waals surface area contributed by atoms with Gasteiger partial charge in [0.15, 0.2) is 16.9 Å². The summed E-state index contributed by atoms with van der Waals surface area (Å²) in [6.07, 6.45) is 3.01. The summed E-state index contributed by atoms with van der Waals surface area (Å²) < 4.78 is 18.9. The van der Waals surface area contributed by atoms with Gasteiger partial charge in [0.2, 0.25) is 0 Å². The molecule has 0 aliphatic carbocycles. The van der Waals surface area contributed by atoms with Gasteiger partial charge in [-0.2, -0.15) is 0 Å². The molecule has 2 aliphatic rings. The minimum Gasteiger partial charge on any atom is -0.493 e. The van der Waals surface area contributed by atoms with Gasteiger partial charge in [0, 0.05) is 43.5 Å². The summed E-state index contributed by atoms with van der Waals surface area (Å²) in [6.45, 7) is 6.74. The first kappa shape index (κ1) is 21.4. The molecule has 1 unspecified atom stereocenters. The predicted octanol–water partition coefficient (Wildman–Crippen LogP) is 2.44. The molecule has 0 saturated carbocycles. The quantitative estimate of drug-likeness (QED) is 0.724. The van der Waals surface area contributed by atoms with E-state index in [1.807, 2.05) is 16.7 Å². The van der Waals surface area contributed by atoms with Crippen LogP contribution in [0.25, 0.3) is 11.3 Å². The van der Waals surface area contributed by atoms with Gasteiger partial charge in [-0.05, 0) is 30.5 Å². The molecule has 0 amide bonds. The molecule has 1 fully saturated rings. The van der Waals surface area contributed by atoms with Gasteiger partial charge in [0.1, 0.15) is 12.2 Å². The lowest BCUT2D eigenvalue weighted by Crippen LogP contribution is -2.38. The van der Waals surface area contributed by atoms with E-state index in [0.29, 0.717) is 23.8 Å². The van der Waals surface area contributed by atoms with Gasteiger partial charge in [-0.25, -0.2) is 4.79 Å². The standard InChI is InChI=1S/C23H28N2O6/c1-3-16-10-15-11-22(31-9-6-24-4-7-30-8-5-24)21(29-2)12-17(15)19-13-20(26)18(23(27)28)14-25(16)19/h11-14,16H,3-10H2,1-2H3,(H,27,28). The number of hydrogen-bond donors (Lipinski definition) is 1. The van der Waals surface area contributed by atoms with E-state index in [-0.39, 0.29) is 11.6 Å². The van der Waals surface area contributed by atoms with Crippen molar-refractivity contribution in [3.8, 4) is 22.8 Å². The fourth-order valence-corrected chi connectivity index (χ4v) is 4.31. The maximum Gasteiger partial charge on any atom is 0.341 e. The SMILES string of the molecule is CCC1Cc2cc(OCCN3CCOCC3)c(OC)cc2-c2cc(=O)c(C(=O)O)cn21. The molecule has 166 valence electrons. The van der Waals surface area contributed by atoms with Crippen molar-refractivity contribution in [3.05, 3.63) is 45.7 Å². The van der Waals surface area contributed by atoms with Crippen molar-refractivity contribution < 1.29 is 24.1 Å². The lowest BCUT2D eigenvalue weighted by Gasteiger charge is -2.31. The highest BCUT2D eigenvalue weighted by Gasteiger charge is 2.27. The summed E-state index contributed by atoms with van der Waals surface area (Å²) in [7, 11) is 1.59. The Bertz CT molecular complexity index is 1030. The third-order valence-electron chi connectivity index (χ3n) is 6.06. The highest BCUT2D eigenvalue weighted by molar-refractivity contribution is 5.87. The number of aromatic carboxylic acids is 1. The number of aromatic nitrogens is 1. The molecule has 1 N–H and O–H groups in total. The minimum absolute atomic E-state index is 0.0656. The molecular formula is C23H28N2O6. The Labute approximate surface area is 181 Å². The maximum atomic E-state index is 12.4. The van der Waals surface area contributed by atoms with E-state index in [1.165, 1.54) is 12.3 Å². The molecule has 4 rings (SSSR count). The summed E-state index contributed by atoms with van der Waals surface area (Å²) in [5.74, 6) is 0.0712. The smallest absolute Gasteiger partial charge is 0.341 e. The monoisotopic (exact) mass is 428 g/mol. The van der Waals surface area contributed by atoms with Crippen LogP contribution in [0.4, 0.5) is 0 Å². The van der Waals surface area contributed by atoms with Crippen LogP contribution in [-0.2, 0) is 11.2 Å². The summed E-state index contributed by atoms with van der Waals surface area (Å²) in [5, 5.41) is 9.36. The summed E-state index contributed by atoms with van der Waals surface area (Å²) in [4.78, 5) is 26.1. The minimum atomic E-state index is -1.21. The lowest BCUT2D eigenvalue weighted by molar-refractivity contribution is 0.0321. The van der Waals surface area contributed by atoms with Gasteiger partial charge in [-0.15, -0.1) is 0 Å². The number of carboxylic acid groups (broad SMARTS) is 1. The molecule has 0 spiro atoms. The molecule has 2 aliphatic heterocycles. The number of methoxy groups -OCH3 is 1. The van der Waals surface area contributed by atoms with Gasteiger partial charge in [0.25, 0.3) is 0 Å². The Kier molecular flexibility index (Phi) is 6.29. The molecule has 1 aromatic heterocycles. The number of carbonyl (C=O) groups is 1. The average Bonchev–Trinajstić information content (AvgIpc) is 2.78. The predicted molar refractivity (Wildman–Crippen MR) is 115 cm³/mol. The number of hydrogen-bond acceptors (Lipinski definition) is 6. The van der Waals surface area contributed by atoms with Gasteiger partial charge >= 0.3 is 5.97 Å². The third-order valence-corrected chi connectivity index (χ3v) is 6.06. The molecule has 31 heavy (non-hydrogen) atoms. The zero-order valence-electron chi connectivity index (χ0n) is 17.9. The van der Waals surface area contributed by atoms with Crippen LogP contribution in [0, 0.1) is 0 Å². The lowest BCUT2D eigenvalue weighted by atomic mass is 9.90. The molecule has 1 atom stereocenters. The maximum absolute atomic E-state index is 12.4. The zero-order chi connectivity index (χ0) is 22.0. The average molecular weight is 428 g/mol. The Morgan fingerprint density at radius 1 is 1.23 bits per heavy atom. The number of nitrogens with zero attached hydrogens (tertiary/aromatic N) is 2. The molecule has 8 nitrogen and oxygen atoms in total. The third kappa shape index (κ3) is 4.31. The number of carboxylic acids is 1. The van der Waals surface area contributed by atoms with Crippen molar-refractivity contribution in [1.82, 2.24) is 9.47 Å². The summed E-state index contributed by atoms with van der Waals surface area (Å²) in [6, 6.07) is 5.37. The number of fused-ring (bicyclic) bond motifs is 3. The van der Waals surface area contributed by atoms with Gasteiger partial charge in [-0.1, -0.05) is 6.92 Å². The first-order chi connectivity index (χ1) is 15.0. The van der Waals surface area contributed by atoms with E-state index in [9.17, 15) is 14.7 Å². The van der Waals surface area contributed by atoms with Crippen LogP contribution in [0.5, 0.6) is 11.5 Å². The second-order valence-electron chi connectivity index (χ2n) is 7.88. The first-order valence-corrected chi connectivity index (χ1v) is 10.7. The number of benzene rings is 1. The second-order valence-corrected chi connectivity index (χ2v) is 7.88. The van der Waals surface area contributed by atoms with Crippen LogP contribution in [0.2, 0.25) is 0 Å². The number of ether oxygens (including phenoxy) is 3. The van der Waals surface area contributed by atoms with Gasteiger partial charge in [-0.3, -0.25) is 9.69 Å². The van der Waals surface area contributed by atoms with Crippen molar-refractivity contribution in [1.29, 1.82) is 0 Å². The van der Waals surface area contributed by atoms with Crippen molar-refractivity contribution in [3.63, 3.8) is 0 Å². The molecule has 8 heteroatoms. The van der Waals surface area contributed by atoms with Crippen LogP contribution in [0.1, 0.15) is 35.3 Å². The van der Waals surface area contributed by atoms with E-state index in [4.69, 9.17) is 14.2 Å². The van der Waals surface area contributed by atoms with Crippen molar-refractivity contribution >= 4 is 5.97 Å². The van der Waals surface area contributed by atoms with Crippen LogP contribution in [0.15, 0.2) is 29.2 Å². The van der Waals surface area contributed by atoms with Crippen molar-refractivity contribution in [2.45, 2.75) is 25.8 Å². The van der Waals surface area contributed by atoms with Crippen molar-refractivity contribution in [2.24, 2.45) is 0 Å². The molecule has 1 aromatic carbocycles. The Morgan fingerprint density at radius 3 is 2.68 bits per heavy atom. The molecule has 0 bridgehead atoms. The second kappa shape index (κ2) is 9.11. The zero-order valence-corrected chi connectivity index (χ0v) is 17.9. The van der Waals surface area contributed by atoms with Gasteiger partial charge < -0.3 is 23.9 Å². The Hall–Kier alpha value is -2.84. The fourth-order valence-electron chi connectivity index (χ4n) is 4.31. The van der Waals surface area contributed by atoms with Gasteiger partial charge in [0.05, 0.1) is 26.0 Å². The molecule has 1 saturated heterocycles. The van der Waals surface area contributed by atoms with Crippen LogP contribution in [-0.4, -0.2) is 67.1 Å². The highest BCUT2D eigenvalue weighted by Crippen LogP contribution is 2.41. The first-order valence-electron chi connectivity index (χ1n) is 10.7. The highest BCUT2D eigenvalue weighted by atomic mass is 16.5. The number of rotatable bonds is 7. The normalized spacial score (nSPS) is 18.2. The van der Waals surface area contributed by atoms with Crippen LogP contribution in [0.3, 0.4) is 0 Å². The number of pyridine rings is 1. The van der Waals surface area contributed by atoms with E-state index in [0.717, 1.165) is 56.8 Å². The van der Waals surface area contributed by atoms with E-state index in [2.05, 4.69) is 11.8 Å². The summed E-state index contributed by atoms with van der Waals surface area (Å²) in [5.41, 5.74) is 1.95. The molecule has 3 heterocycles. The molecule has 2 aromatic rings. The van der Waals surface area contributed by atoms with E-state index < -0.39 is 11.4 Å². The molecule has 0 radical (unpaired) electrons. The largest absolute Gasteiger partial charge is 0.493 e. The van der Waals surface area contributed by atoms with Crippen LogP contribution >= 0.6 is 0 Å². The summed E-state index contributed by atoms with van der Waals surface area (Å²) >= 11 is 0. The van der Waals surface area contributed by atoms with E-state index >= 15 is 0 Å².